The van der Waals surface area contributed by atoms with Crippen LogP contribution < -0.4 is 5.32 Å². The zero-order valence-electron chi connectivity index (χ0n) is 12.9. The number of rotatable bonds is 4. The number of carbonyl (C=O) groups is 2. The van der Waals surface area contributed by atoms with E-state index in [1.165, 1.54) is 12.5 Å². The highest BCUT2D eigenvalue weighted by Crippen LogP contribution is 2.20. The maximum Gasteiger partial charge on any atom is 0.255 e. The number of benzene rings is 1. The smallest absolute Gasteiger partial charge is 0.255 e. The third-order valence-electron chi connectivity index (χ3n) is 3.61. The molecule has 0 spiro atoms. The second-order valence-electron chi connectivity index (χ2n) is 5.27. The fraction of sp³-hybridized carbons (Fsp3) is 0.333. The Morgan fingerprint density at radius 3 is 2.55 bits per heavy atom. The van der Waals surface area contributed by atoms with Crippen LogP contribution >= 0.6 is 0 Å². The second kappa shape index (κ2) is 8.17. The van der Waals surface area contributed by atoms with E-state index in [1.807, 2.05) is 30.0 Å². The van der Waals surface area contributed by atoms with Gasteiger partial charge in [-0.05, 0) is 38.3 Å². The van der Waals surface area contributed by atoms with Gasteiger partial charge in [0.2, 0.25) is 5.91 Å². The molecule has 1 fully saturated rings. The molecular formula is C18H22N2O2. The predicted molar refractivity (Wildman–Crippen MR) is 88.8 cm³/mol. The van der Waals surface area contributed by atoms with E-state index in [1.54, 1.807) is 24.3 Å². The van der Waals surface area contributed by atoms with Crippen LogP contribution in [0.3, 0.4) is 0 Å². The number of nitrogens with zero attached hydrogens (tertiary/aromatic N) is 1. The Morgan fingerprint density at radius 2 is 1.82 bits per heavy atom. The molecule has 1 aliphatic heterocycles. The first-order valence-corrected chi connectivity index (χ1v) is 7.71. The summed E-state index contributed by atoms with van der Waals surface area (Å²) in [5, 5.41) is 2.78. The molecule has 22 heavy (non-hydrogen) atoms. The van der Waals surface area contributed by atoms with Gasteiger partial charge in [0, 0.05) is 19.2 Å². The highest BCUT2D eigenvalue weighted by molar-refractivity contribution is 6.06. The molecular weight excluding hydrogens is 276 g/mol. The Bertz CT molecular complexity index is 585. The minimum absolute atomic E-state index is 0.00645. The molecule has 2 amide bonds. The van der Waals surface area contributed by atoms with Gasteiger partial charge >= 0.3 is 0 Å². The lowest BCUT2D eigenvalue weighted by Gasteiger charge is -2.27. The zero-order valence-corrected chi connectivity index (χ0v) is 12.9. The Hall–Kier alpha value is -2.36. The molecule has 1 saturated heterocycles. The molecule has 4 heteroatoms. The zero-order chi connectivity index (χ0) is 15.8. The third kappa shape index (κ3) is 4.32. The molecule has 0 saturated carbocycles. The van der Waals surface area contributed by atoms with Crippen LogP contribution in [-0.2, 0) is 4.79 Å². The van der Waals surface area contributed by atoms with Gasteiger partial charge in [0.25, 0.3) is 5.91 Å². The normalized spacial score (nSPS) is 15.4. The monoisotopic (exact) mass is 298 g/mol. The van der Waals surface area contributed by atoms with Crippen molar-refractivity contribution in [2.24, 2.45) is 0 Å². The number of para-hydroxylation sites is 1. The van der Waals surface area contributed by atoms with E-state index in [2.05, 4.69) is 5.32 Å². The minimum Gasteiger partial charge on any atom is -0.339 e. The number of likely N-dealkylation sites (tertiary alicyclic amines) is 1. The van der Waals surface area contributed by atoms with Gasteiger partial charge in [-0.2, -0.15) is 0 Å². The van der Waals surface area contributed by atoms with Crippen molar-refractivity contribution in [3.8, 4) is 0 Å². The Labute approximate surface area is 131 Å². The van der Waals surface area contributed by atoms with Gasteiger partial charge in [0.05, 0.1) is 11.3 Å². The molecule has 0 aromatic heterocycles. The third-order valence-corrected chi connectivity index (χ3v) is 3.61. The van der Waals surface area contributed by atoms with Gasteiger partial charge in [-0.3, -0.25) is 9.59 Å². The van der Waals surface area contributed by atoms with Crippen LogP contribution in [0, 0.1) is 0 Å². The van der Waals surface area contributed by atoms with Gasteiger partial charge in [0.1, 0.15) is 0 Å². The van der Waals surface area contributed by atoms with Crippen molar-refractivity contribution in [2.75, 3.05) is 18.4 Å². The number of anilines is 1. The summed E-state index contributed by atoms with van der Waals surface area (Å²) in [5.74, 6) is -0.245. The van der Waals surface area contributed by atoms with Crippen LogP contribution in [0.25, 0.3) is 0 Å². The fourth-order valence-corrected chi connectivity index (χ4v) is 2.47. The van der Waals surface area contributed by atoms with Crippen LogP contribution in [0.2, 0.25) is 0 Å². The molecule has 1 heterocycles. The molecule has 116 valence electrons. The Morgan fingerprint density at radius 1 is 1.09 bits per heavy atom. The van der Waals surface area contributed by atoms with E-state index in [9.17, 15) is 9.59 Å². The topological polar surface area (TPSA) is 49.4 Å². The quantitative estimate of drug-likeness (QED) is 0.684. The molecule has 0 radical (unpaired) electrons. The van der Waals surface area contributed by atoms with Crippen molar-refractivity contribution in [3.05, 3.63) is 54.1 Å². The second-order valence-corrected chi connectivity index (χ2v) is 5.27. The molecule has 4 nitrogen and oxygen atoms in total. The molecule has 1 aliphatic rings. The first kappa shape index (κ1) is 16.0. The average molecular weight is 298 g/mol. The van der Waals surface area contributed by atoms with Gasteiger partial charge in [0.15, 0.2) is 0 Å². The fourth-order valence-electron chi connectivity index (χ4n) is 2.47. The van der Waals surface area contributed by atoms with E-state index in [0.29, 0.717) is 11.3 Å². The van der Waals surface area contributed by atoms with Crippen molar-refractivity contribution in [1.82, 2.24) is 4.90 Å². The number of hydrogen-bond acceptors (Lipinski definition) is 2. The van der Waals surface area contributed by atoms with Gasteiger partial charge in [-0.1, -0.05) is 30.4 Å². The molecule has 0 unspecified atom stereocenters. The Kier molecular flexibility index (Phi) is 5.95. The van der Waals surface area contributed by atoms with E-state index < -0.39 is 0 Å². The van der Waals surface area contributed by atoms with E-state index >= 15 is 0 Å². The van der Waals surface area contributed by atoms with Crippen LogP contribution in [0.1, 0.15) is 36.5 Å². The van der Waals surface area contributed by atoms with E-state index in [-0.39, 0.29) is 11.8 Å². The van der Waals surface area contributed by atoms with Crippen molar-refractivity contribution < 1.29 is 9.59 Å². The summed E-state index contributed by atoms with van der Waals surface area (Å²) >= 11 is 0. The molecule has 0 bridgehead atoms. The summed E-state index contributed by atoms with van der Waals surface area (Å²) in [6.07, 6.45) is 10.0. The van der Waals surface area contributed by atoms with Gasteiger partial charge < -0.3 is 10.2 Å². The van der Waals surface area contributed by atoms with Crippen molar-refractivity contribution in [2.45, 2.75) is 26.2 Å². The van der Waals surface area contributed by atoms with E-state index in [4.69, 9.17) is 0 Å². The SMILES string of the molecule is C/C=C/C=C/C(=O)Nc1ccccc1C(=O)N1CCCCC1. The number of allylic oxidation sites excluding steroid dienone is 3. The number of amides is 2. The first-order chi connectivity index (χ1) is 10.7. The lowest BCUT2D eigenvalue weighted by Crippen LogP contribution is -2.36. The van der Waals surface area contributed by atoms with Crippen molar-refractivity contribution in [3.63, 3.8) is 0 Å². The first-order valence-electron chi connectivity index (χ1n) is 7.71. The summed E-state index contributed by atoms with van der Waals surface area (Å²) in [6.45, 7) is 3.47. The summed E-state index contributed by atoms with van der Waals surface area (Å²) in [4.78, 5) is 26.4. The maximum absolute atomic E-state index is 12.6. The largest absolute Gasteiger partial charge is 0.339 e. The van der Waals surface area contributed by atoms with E-state index in [0.717, 1.165) is 25.9 Å². The number of piperidine rings is 1. The molecule has 0 atom stereocenters. The number of carbonyl (C=O) groups excluding carboxylic acids is 2. The van der Waals surface area contributed by atoms with Crippen LogP contribution in [0.4, 0.5) is 5.69 Å². The minimum atomic E-state index is -0.239. The number of nitrogens with one attached hydrogen (secondary N) is 1. The molecule has 1 aromatic carbocycles. The molecule has 1 aromatic rings. The summed E-state index contributed by atoms with van der Waals surface area (Å²) in [6, 6.07) is 7.17. The molecule has 1 N–H and O–H groups in total. The van der Waals surface area contributed by atoms with Crippen LogP contribution in [-0.4, -0.2) is 29.8 Å². The Balaban J connectivity index is 2.12. The van der Waals surface area contributed by atoms with Gasteiger partial charge in [-0.15, -0.1) is 0 Å². The van der Waals surface area contributed by atoms with Crippen molar-refractivity contribution >= 4 is 17.5 Å². The predicted octanol–water partition coefficient (Wildman–Crippen LogP) is 3.38. The average Bonchev–Trinajstić information content (AvgIpc) is 2.56. The lowest BCUT2D eigenvalue weighted by molar-refractivity contribution is -0.111. The highest BCUT2D eigenvalue weighted by atomic mass is 16.2. The highest BCUT2D eigenvalue weighted by Gasteiger charge is 2.20. The standard InChI is InChI=1S/C18H22N2O2/c1-2-3-5-12-17(21)19-16-11-7-6-10-15(16)18(22)20-13-8-4-9-14-20/h2-3,5-7,10-12H,4,8-9,13-14H2,1H3,(H,19,21)/b3-2+,12-5+. The van der Waals surface area contributed by atoms with Crippen molar-refractivity contribution in [1.29, 1.82) is 0 Å². The summed E-state index contributed by atoms with van der Waals surface area (Å²) in [7, 11) is 0. The molecule has 2 rings (SSSR count). The number of hydrogen-bond donors (Lipinski definition) is 1. The van der Waals surface area contributed by atoms with Crippen LogP contribution in [0.5, 0.6) is 0 Å². The molecule has 0 aliphatic carbocycles. The van der Waals surface area contributed by atoms with Crippen LogP contribution in [0.15, 0.2) is 48.6 Å². The maximum atomic E-state index is 12.6. The lowest BCUT2D eigenvalue weighted by atomic mass is 10.1. The summed E-state index contributed by atoms with van der Waals surface area (Å²) in [5.41, 5.74) is 1.12. The summed E-state index contributed by atoms with van der Waals surface area (Å²) < 4.78 is 0. The van der Waals surface area contributed by atoms with Gasteiger partial charge in [-0.25, -0.2) is 0 Å².